The lowest BCUT2D eigenvalue weighted by Gasteiger charge is -2.23. The number of aromatic hydroxyl groups is 1. The number of benzene rings is 2. The number of ether oxygens (including phenoxy) is 1. The molecule has 1 aromatic heterocycles. The van der Waals surface area contributed by atoms with Crippen LogP contribution in [0, 0.1) is 6.92 Å². The van der Waals surface area contributed by atoms with Crippen LogP contribution in [0.3, 0.4) is 0 Å². The number of aliphatic hydroxyl groups is 1. The van der Waals surface area contributed by atoms with Crippen LogP contribution in [0.25, 0.3) is 5.76 Å². The molecule has 1 amide bonds. The van der Waals surface area contributed by atoms with E-state index in [1.165, 1.54) is 18.2 Å². The zero-order valence-corrected chi connectivity index (χ0v) is 18.0. The molecule has 9 heteroatoms. The van der Waals surface area contributed by atoms with Gasteiger partial charge in [0.05, 0.1) is 18.2 Å². The van der Waals surface area contributed by atoms with Crippen LogP contribution in [-0.2, 0) is 9.59 Å². The van der Waals surface area contributed by atoms with Crippen molar-refractivity contribution in [3.63, 3.8) is 0 Å². The van der Waals surface area contributed by atoms with Crippen LogP contribution in [0.5, 0.6) is 11.5 Å². The highest BCUT2D eigenvalue weighted by molar-refractivity contribution is 6.51. The molecule has 1 aliphatic heterocycles. The summed E-state index contributed by atoms with van der Waals surface area (Å²) < 4.78 is 10.6. The van der Waals surface area contributed by atoms with Crippen LogP contribution in [-0.4, -0.2) is 33.7 Å². The monoisotopic (exact) mass is 454 g/mol. The third kappa shape index (κ3) is 3.69. The van der Waals surface area contributed by atoms with Gasteiger partial charge in [0.1, 0.15) is 11.5 Å². The maximum atomic E-state index is 13.1. The quantitative estimate of drug-likeness (QED) is 0.334. The van der Waals surface area contributed by atoms with Gasteiger partial charge in [-0.3, -0.25) is 14.5 Å². The summed E-state index contributed by atoms with van der Waals surface area (Å²) in [4.78, 5) is 27.2. The van der Waals surface area contributed by atoms with E-state index in [-0.39, 0.29) is 28.6 Å². The maximum absolute atomic E-state index is 13.1. The number of nitrogens with zero attached hydrogens (tertiary/aromatic N) is 2. The van der Waals surface area contributed by atoms with Crippen molar-refractivity contribution in [1.29, 1.82) is 0 Å². The highest BCUT2D eigenvalue weighted by Crippen LogP contribution is 2.43. The number of halogens is 1. The summed E-state index contributed by atoms with van der Waals surface area (Å²) in [6.45, 7) is 3.71. The lowest BCUT2D eigenvalue weighted by molar-refractivity contribution is -0.132. The van der Waals surface area contributed by atoms with Crippen LogP contribution >= 0.6 is 11.6 Å². The summed E-state index contributed by atoms with van der Waals surface area (Å²) >= 11 is 5.94. The van der Waals surface area contributed by atoms with Crippen LogP contribution in [0.1, 0.15) is 29.9 Å². The first-order valence-corrected chi connectivity index (χ1v) is 10.2. The highest BCUT2D eigenvalue weighted by Gasteiger charge is 2.48. The second-order valence-electron chi connectivity index (χ2n) is 7.13. The SMILES string of the molecule is CCOc1cc([C@H]2/C(=C(\O)c3ccc(Cl)cc3)C(=O)C(=O)N2c2cc(C)on2)ccc1O. The molecule has 0 bridgehead atoms. The molecule has 2 aromatic carbocycles. The van der Waals surface area contributed by atoms with Crippen LogP contribution < -0.4 is 9.64 Å². The minimum Gasteiger partial charge on any atom is -0.507 e. The molecule has 0 unspecified atom stereocenters. The third-order valence-electron chi connectivity index (χ3n) is 5.02. The number of hydrogen-bond acceptors (Lipinski definition) is 7. The van der Waals surface area contributed by atoms with E-state index in [1.54, 1.807) is 44.2 Å². The summed E-state index contributed by atoms with van der Waals surface area (Å²) in [5, 5.41) is 25.5. The number of rotatable bonds is 5. The van der Waals surface area contributed by atoms with Crippen LogP contribution in [0.4, 0.5) is 5.82 Å². The number of hydrogen-bond donors (Lipinski definition) is 2. The van der Waals surface area contributed by atoms with E-state index in [0.29, 0.717) is 28.5 Å². The average Bonchev–Trinajstić information content (AvgIpc) is 3.31. The standard InChI is InChI=1S/C23H19ClN2O6/c1-3-31-17-11-14(6-9-16(17)27)20-19(21(28)13-4-7-15(24)8-5-13)22(29)23(30)26(20)18-10-12(2)32-25-18/h4-11,20,27-28H,3H2,1-2H3/b21-19+/t20-/m0/s1. The van der Waals surface area contributed by atoms with Gasteiger partial charge in [0.15, 0.2) is 17.3 Å². The van der Waals surface area contributed by atoms with Gasteiger partial charge in [0.2, 0.25) is 0 Å². The molecular formula is C23H19ClN2O6. The van der Waals surface area contributed by atoms with E-state index in [4.69, 9.17) is 20.9 Å². The Hall–Kier alpha value is -3.78. The van der Waals surface area contributed by atoms with Crippen molar-refractivity contribution in [2.75, 3.05) is 11.5 Å². The molecule has 3 aromatic rings. The predicted molar refractivity (Wildman–Crippen MR) is 117 cm³/mol. The van der Waals surface area contributed by atoms with Crippen molar-refractivity contribution in [2.24, 2.45) is 0 Å². The van der Waals surface area contributed by atoms with Gasteiger partial charge in [-0.15, -0.1) is 0 Å². The Kier molecular flexibility index (Phi) is 5.63. The molecule has 1 atom stereocenters. The number of phenolic OH excluding ortho intramolecular Hbond substituents is 1. The van der Waals surface area contributed by atoms with Gasteiger partial charge in [0, 0.05) is 16.7 Å². The minimum atomic E-state index is -1.03. The fourth-order valence-electron chi connectivity index (χ4n) is 3.59. The van der Waals surface area contributed by atoms with Gasteiger partial charge in [0.25, 0.3) is 5.78 Å². The molecule has 0 spiro atoms. The summed E-state index contributed by atoms with van der Waals surface area (Å²) in [6.07, 6.45) is 0. The number of ketones is 1. The van der Waals surface area contributed by atoms with Crippen molar-refractivity contribution in [3.8, 4) is 11.5 Å². The van der Waals surface area contributed by atoms with E-state index in [9.17, 15) is 19.8 Å². The zero-order valence-electron chi connectivity index (χ0n) is 17.2. The molecule has 1 fully saturated rings. The van der Waals surface area contributed by atoms with Crippen molar-refractivity contribution in [3.05, 3.63) is 76.0 Å². The van der Waals surface area contributed by atoms with Gasteiger partial charge in [-0.1, -0.05) is 22.8 Å². The number of phenols is 1. The fourth-order valence-corrected chi connectivity index (χ4v) is 3.71. The predicted octanol–water partition coefficient (Wildman–Crippen LogP) is 4.37. The number of aromatic nitrogens is 1. The molecule has 0 saturated carbocycles. The Balaban J connectivity index is 1.94. The van der Waals surface area contributed by atoms with Crippen LogP contribution in [0.2, 0.25) is 5.02 Å². The van der Waals surface area contributed by atoms with E-state index in [1.807, 2.05) is 0 Å². The molecular weight excluding hydrogens is 436 g/mol. The first-order valence-electron chi connectivity index (χ1n) is 9.77. The summed E-state index contributed by atoms with van der Waals surface area (Å²) in [5.74, 6) is -1.46. The summed E-state index contributed by atoms with van der Waals surface area (Å²) in [6, 6.07) is 11.2. The normalized spacial score (nSPS) is 17.7. The summed E-state index contributed by atoms with van der Waals surface area (Å²) in [7, 11) is 0. The van der Waals surface area contributed by atoms with Gasteiger partial charge < -0.3 is 19.5 Å². The first kappa shape index (κ1) is 21.5. The maximum Gasteiger partial charge on any atom is 0.301 e. The van der Waals surface area contributed by atoms with E-state index >= 15 is 0 Å². The Bertz CT molecular complexity index is 1230. The number of carbonyl (C=O) groups excluding carboxylic acids is 2. The molecule has 1 aliphatic rings. The number of anilines is 1. The fraction of sp³-hybridized carbons (Fsp3) is 0.174. The Labute approximate surface area is 188 Å². The lowest BCUT2D eigenvalue weighted by atomic mass is 9.95. The van der Waals surface area contributed by atoms with Gasteiger partial charge in [-0.2, -0.15) is 0 Å². The molecule has 0 aliphatic carbocycles. The number of aryl methyl sites for hydroxylation is 1. The van der Waals surface area contributed by atoms with E-state index in [0.717, 1.165) is 4.90 Å². The zero-order chi connectivity index (χ0) is 23.0. The smallest absolute Gasteiger partial charge is 0.301 e. The van der Waals surface area contributed by atoms with Crippen molar-refractivity contribution >= 4 is 34.9 Å². The minimum absolute atomic E-state index is 0.0949. The van der Waals surface area contributed by atoms with Gasteiger partial charge in [-0.25, -0.2) is 0 Å². The largest absolute Gasteiger partial charge is 0.507 e. The molecule has 4 rings (SSSR count). The first-order chi connectivity index (χ1) is 15.3. The molecule has 32 heavy (non-hydrogen) atoms. The van der Waals surface area contributed by atoms with Crippen molar-refractivity contribution in [2.45, 2.75) is 19.9 Å². The molecule has 0 radical (unpaired) electrons. The molecule has 8 nitrogen and oxygen atoms in total. The molecule has 164 valence electrons. The Morgan fingerprint density at radius 3 is 2.53 bits per heavy atom. The molecule has 2 N–H and O–H groups in total. The summed E-state index contributed by atoms with van der Waals surface area (Å²) in [5.41, 5.74) is 0.616. The second-order valence-corrected chi connectivity index (χ2v) is 7.57. The third-order valence-corrected chi connectivity index (χ3v) is 5.28. The average molecular weight is 455 g/mol. The van der Waals surface area contributed by atoms with Gasteiger partial charge in [-0.05, 0) is 55.8 Å². The molecule has 2 heterocycles. The highest BCUT2D eigenvalue weighted by atomic mass is 35.5. The Morgan fingerprint density at radius 2 is 1.91 bits per heavy atom. The topological polar surface area (TPSA) is 113 Å². The Morgan fingerprint density at radius 1 is 1.19 bits per heavy atom. The number of amides is 1. The lowest BCUT2D eigenvalue weighted by Crippen LogP contribution is -2.29. The van der Waals surface area contributed by atoms with E-state index in [2.05, 4.69) is 5.16 Å². The number of carbonyl (C=O) groups is 2. The molecule has 1 saturated heterocycles. The van der Waals surface area contributed by atoms with Crippen molar-refractivity contribution < 1.29 is 29.1 Å². The van der Waals surface area contributed by atoms with Crippen molar-refractivity contribution in [1.82, 2.24) is 5.16 Å². The second kappa shape index (κ2) is 8.39. The number of Topliss-reactive ketones (excluding diaryl/α,β-unsaturated/α-hetero) is 1. The number of aliphatic hydroxyl groups excluding tert-OH is 1. The van der Waals surface area contributed by atoms with Crippen LogP contribution in [0.15, 0.2) is 58.6 Å². The van der Waals surface area contributed by atoms with E-state index < -0.39 is 17.7 Å². The van der Waals surface area contributed by atoms with Gasteiger partial charge >= 0.3 is 5.91 Å².